The molecule has 0 radical (unpaired) electrons. The lowest BCUT2D eigenvalue weighted by Crippen LogP contribution is -2.38. The summed E-state index contributed by atoms with van der Waals surface area (Å²) < 4.78 is 5.17. The monoisotopic (exact) mass is 244 g/mol. The van der Waals surface area contributed by atoms with Gasteiger partial charge in [-0.15, -0.1) is 0 Å². The molecule has 0 aliphatic carbocycles. The van der Waals surface area contributed by atoms with Gasteiger partial charge in [0.25, 0.3) is 0 Å². The topological polar surface area (TPSA) is 69.9 Å². The summed E-state index contributed by atoms with van der Waals surface area (Å²) in [7, 11) is 0. The molecule has 0 aromatic heterocycles. The van der Waals surface area contributed by atoms with Gasteiger partial charge < -0.3 is 20.1 Å². The molecule has 3 N–H and O–H groups in total. The van der Waals surface area contributed by atoms with Crippen molar-refractivity contribution in [3.05, 3.63) is 24.5 Å². The van der Waals surface area contributed by atoms with Crippen LogP contribution in [0.15, 0.2) is 24.5 Å². The van der Waals surface area contributed by atoms with E-state index in [0.717, 1.165) is 6.42 Å². The van der Waals surface area contributed by atoms with Gasteiger partial charge in [0.2, 0.25) is 0 Å². The number of allylic oxidation sites excluding steroid dienone is 3. The Morgan fingerprint density at radius 1 is 1.06 bits per heavy atom. The zero-order valence-electron chi connectivity index (χ0n) is 10.5. The van der Waals surface area contributed by atoms with E-state index in [1.165, 1.54) is 19.1 Å². The fraction of sp³-hybridized carbons (Fsp3) is 0.692. The summed E-state index contributed by atoms with van der Waals surface area (Å²) in [5.41, 5.74) is -0.962. The third-order valence-electron chi connectivity index (χ3n) is 2.54. The number of ether oxygens (including phenoxy) is 1. The fourth-order valence-corrected chi connectivity index (χ4v) is 1.11. The van der Waals surface area contributed by atoms with Gasteiger partial charge in [-0.3, -0.25) is 0 Å². The third kappa shape index (κ3) is 7.15. The van der Waals surface area contributed by atoms with Gasteiger partial charge in [-0.05, 0) is 12.5 Å². The normalized spacial score (nSPS) is 12.7. The van der Waals surface area contributed by atoms with E-state index in [-0.39, 0.29) is 26.4 Å². The van der Waals surface area contributed by atoms with Gasteiger partial charge in [0.05, 0.1) is 38.1 Å². The van der Waals surface area contributed by atoms with Crippen molar-refractivity contribution < 1.29 is 20.1 Å². The average molecular weight is 244 g/mol. The maximum absolute atomic E-state index is 9.04. The molecule has 0 heterocycles. The van der Waals surface area contributed by atoms with E-state index in [9.17, 15) is 0 Å². The molecule has 0 aliphatic rings. The summed E-state index contributed by atoms with van der Waals surface area (Å²) in [6.07, 6.45) is 10.6. The summed E-state index contributed by atoms with van der Waals surface area (Å²) in [5, 5.41) is 27.1. The predicted octanol–water partition coefficient (Wildman–Crippen LogP) is 1.23. The molecule has 0 bridgehead atoms. The highest BCUT2D eigenvalue weighted by Gasteiger charge is 2.28. The number of aliphatic hydroxyl groups is 3. The number of hydrogen-bond donors (Lipinski definition) is 3. The molecule has 0 rings (SSSR count). The van der Waals surface area contributed by atoms with E-state index >= 15 is 0 Å². The molecule has 0 aromatic carbocycles. The van der Waals surface area contributed by atoms with Crippen molar-refractivity contribution in [1.29, 1.82) is 0 Å². The van der Waals surface area contributed by atoms with Crippen LogP contribution < -0.4 is 0 Å². The van der Waals surface area contributed by atoms with Crippen LogP contribution in [0.3, 0.4) is 0 Å². The molecule has 0 fully saturated rings. The zero-order valence-corrected chi connectivity index (χ0v) is 10.5. The van der Waals surface area contributed by atoms with Crippen molar-refractivity contribution in [1.82, 2.24) is 0 Å². The van der Waals surface area contributed by atoms with Gasteiger partial charge in [0, 0.05) is 0 Å². The van der Waals surface area contributed by atoms with Crippen LogP contribution in [0.5, 0.6) is 0 Å². The van der Waals surface area contributed by atoms with Crippen LogP contribution in [-0.2, 0) is 4.74 Å². The first-order valence-electron chi connectivity index (χ1n) is 6.00. The van der Waals surface area contributed by atoms with E-state index < -0.39 is 5.41 Å². The van der Waals surface area contributed by atoms with E-state index in [2.05, 4.69) is 13.0 Å². The SMILES string of the molecule is CCCCC=CC=COCC(CO)(CO)CO. The van der Waals surface area contributed by atoms with Crippen LogP contribution >= 0.6 is 0 Å². The summed E-state index contributed by atoms with van der Waals surface area (Å²) in [6.45, 7) is 1.32. The summed E-state index contributed by atoms with van der Waals surface area (Å²) >= 11 is 0. The van der Waals surface area contributed by atoms with Gasteiger partial charge in [0.1, 0.15) is 0 Å². The van der Waals surface area contributed by atoms with Crippen LogP contribution in [0.25, 0.3) is 0 Å². The van der Waals surface area contributed by atoms with E-state index in [4.69, 9.17) is 20.1 Å². The Morgan fingerprint density at radius 2 is 1.71 bits per heavy atom. The lowest BCUT2D eigenvalue weighted by Gasteiger charge is -2.25. The Bertz CT molecular complexity index is 211. The molecule has 0 saturated heterocycles. The summed E-state index contributed by atoms with van der Waals surface area (Å²) in [4.78, 5) is 0. The fourth-order valence-electron chi connectivity index (χ4n) is 1.11. The van der Waals surface area contributed by atoms with Crippen molar-refractivity contribution in [2.24, 2.45) is 5.41 Å². The zero-order chi connectivity index (χ0) is 13.0. The third-order valence-corrected chi connectivity index (χ3v) is 2.54. The van der Waals surface area contributed by atoms with Crippen molar-refractivity contribution in [3.63, 3.8) is 0 Å². The van der Waals surface area contributed by atoms with Crippen LogP contribution in [0.4, 0.5) is 0 Å². The molecule has 100 valence electrons. The number of rotatable bonds is 10. The first kappa shape index (κ1) is 16.2. The lowest BCUT2D eigenvalue weighted by molar-refractivity contribution is -0.0368. The molecule has 0 aliphatic heterocycles. The maximum atomic E-state index is 9.04. The number of aliphatic hydroxyl groups excluding tert-OH is 3. The van der Waals surface area contributed by atoms with E-state index in [1.807, 2.05) is 6.08 Å². The van der Waals surface area contributed by atoms with E-state index in [1.54, 1.807) is 6.08 Å². The largest absolute Gasteiger partial charge is 0.500 e. The number of unbranched alkanes of at least 4 members (excludes halogenated alkanes) is 2. The van der Waals surface area contributed by atoms with Crippen LogP contribution in [-0.4, -0.2) is 41.7 Å². The molecule has 0 atom stereocenters. The molecular formula is C13H24O4. The Kier molecular flexibility index (Phi) is 9.81. The standard InChI is InChI=1S/C13H24O4/c1-2-3-4-5-6-7-8-17-12-13(9-14,10-15)11-16/h5-8,14-16H,2-4,9-12H2,1H3. The van der Waals surface area contributed by atoms with Crippen LogP contribution in [0, 0.1) is 5.41 Å². The molecule has 0 spiro atoms. The summed E-state index contributed by atoms with van der Waals surface area (Å²) in [6, 6.07) is 0. The minimum atomic E-state index is -0.962. The minimum absolute atomic E-state index is 0.0931. The smallest absolute Gasteiger partial charge is 0.0995 e. The molecule has 0 amide bonds. The van der Waals surface area contributed by atoms with Gasteiger partial charge in [-0.2, -0.15) is 0 Å². The van der Waals surface area contributed by atoms with Crippen molar-refractivity contribution >= 4 is 0 Å². The molecule has 4 heteroatoms. The molecule has 4 nitrogen and oxygen atoms in total. The van der Waals surface area contributed by atoms with E-state index in [0.29, 0.717) is 0 Å². The van der Waals surface area contributed by atoms with Crippen molar-refractivity contribution in [2.45, 2.75) is 26.2 Å². The second-order valence-corrected chi connectivity index (χ2v) is 4.18. The molecule has 17 heavy (non-hydrogen) atoms. The Labute approximate surface area is 103 Å². The van der Waals surface area contributed by atoms with Crippen molar-refractivity contribution in [2.75, 3.05) is 26.4 Å². The quantitative estimate of drug-likeness (QED) is 0.307. The molecule has 0 saturated carbocycles. The summed E-state index contributed by atoms with van der Waals surface area (Å²) in [5.74, 6) is 0. The Balaban J connectivity index is 3.80. The molecule has 0 unspecified atom stereocenters. The molecular weight excluding hydrogens is 220 g/mol. The number of hydrogen-bond acceptors (Lipinski definition) is 4. The Hall–Kier alpha value is -0.840. The molecule has 0 aromatic rings. The van der Waals surface area contributed by atoms with Crippen LogP contribution in [0.1, 0.15) is 26.2 Å². The maximum Gasteiger partial charge on any atom is 0.0995 e. The Morgan fingerprint density at radius 3 is 2.24 bits per heavy atom. The van der Waals surface area contributed by atoms with Gasteiger partial charge in [-0.25, -0.2) is 0 Å². The van der Waals surface area contributed by atoms with Gasteiger partial charge in [-0.1, -0.05) is 31.9 Å². The highest BCUT2D eigenvalue weighted by atomic mass is 16.5. The first-order valence-corrected chi connectivity index (χ1v) is 6.00. The second kappa shape index (κ2) is 10.3. The highest BCUT2D eigenvalue weighted by molar-refractivity contribution is 4.99. The van der Waals surface area contributed by atoms with Gasteiger partial charge in [0.15, 0.2) is 0 Å². The predicted molar refractivity (Wildman–Crippen MR) is 67.4 cm³/mol. The van der Waals surface area contributed by atoms with Crippen molar-refractivity contribution in [3.8, 4) is 0 Å². The van der Waals surface area contributed by atoms with Crippen LogP contribution in [0.2, 0.25) is 0 Å². The average Bonchev–Trinajstić information content (AvgIpc) is 2.38. The minimum Gasteiger partial charge on any atom is -0.500 e. The lowest BCUT2D eigenvalue weighted by atomic mass is 9.93. The second-order valence-electron chi connectivity index (χ2n) is 4.18. The highest BCUT2D eigenvalue weighted by Crippen LogP contribution is 2.14. The van der Waals surface area contributed by atoms with Gasteiger partial charge >= 0.3 is 0 Å². The first-order chi connectivity index (χ1) is 8.24.